The SMILES string of the molecule is Cn1ccc2cc(-c3cc4c(O)c(Oc5cccc(F)c5)c(=O)[nH]c4cc3Cl)ccc21. The molecule has 0 saturated heterocycles. The van der Waals surface area contributed by atoms with Gasteiger partial charge in [0.05, 0.1) is 10.5 Å². The van der Waals surface area contributed by atoms with Gasteiger partial charge in [0.15, 0.2) is 5.75 Å². The second-order valence-electron chi connectivity index (χ2n) is 7.27. The topological polar surface area (TPSA) is 67.2 Å². The van der Waals surface area contributed by atoms with E-state index in [2.05, 4.69) is 4.98 Å². The molecule has 3 aromatic carbocycles. The summed E-state index contributed by atoms with van der Waals surface area (Å²) in [6.07, 6.45) is 1.98. The Morgan fingerprint density at radius 2 is 1.94 bits per heavy atom. The summed E-state index contributed by atoms with van der Waals surface area (Å²) in [5.41, 5.74) is 2.36. The Balaban J connectivity index is 1.67. The molecule has 5 rings (SSSR count). The van der Waals surface area contributed by atoms with Gasteiger partial charge in [-0.1, -0.05) is 23.7 Å². The van der Waals surface area contributed by atoms with Gasteiger partial charge in [0.25, 0.3) is 5.56 Å². The van der Waals surface area contributed by atoms with Crippen molar-refractivity contribution >= 4 is 33.4 Å². The van der Waals surface area contributed by atoms with E-state index in [-0.39, 0.29) is 17.2 Å². The molecule has 0 amide bonds. The molecule has 5 nitrogen and oxygen atoms in total. The van der Waals surface area contributed by atoms with E-state index < -0.39 is 11.4 Å². The maximum atomic E-state index is 13.5. The smallest absolute Gasteiger partial charge is 0.295 e. The van der Waals surface area contributed by atoms with E-state index in [9.17, 15) is 14.3 Å². The van der Waals surface area contributed by atoms with Crippen molar-refractivity contribution in [2.75, 3.05) is 0 Å². The van der Waals surface area contributed by atoms with Gasteiger partial charge in [0.2, 0.25) is 5.75 Å². The molecule has 7 heteroatoms. The van der Waals surface area contributed by atoms with Crippen LogP contribution in [0.2, 0.25) is 5.02 Å². The van der Waals surface area contributed by atoms with Gasteiger partial charge >= 0.3 is 0 Å². The van der Waals surface area contributed by atoms with Gasteiger partial charge in [0.1, 0.15) is 11.6 Å². The van der Waals surface area contributed by atoms with Crippen molar-refractivity contribution in [2.45, 2.75) is 0 Å². The molecular weight excluding hydrogens is 419 g/mol. The number of hydrogen-bond acceptors (Lipinski definition) is 3. The van der Waals surface area contributed by atoms with Crippen LogP contribution in [0.15, 0.2) is 71.7 Å². The number of aromatic amines is 1. The van der Waals surface area contributed by atoms with Gasteiger partial charge in [-0.2, -0.15) is 0 Å². The quantitative estimate of drug-likeness (QED) is 0.367. The molecule has 5 aromatic rings. The van der Waals surface area contributed by atoms with Gasteiger partial charge in [-0.25, -0.2) is 4.39 Å². The van der Waals surface area contributed by atoms with Crippen molar-refractivity contribution in [1.82, 2.24) is 9.55 Å². The van der Waals surface area contributed by atoms with Crippen molar-refractivity contribution in [3.05, 3.63) is 88.1 Å². The number of aryl methyl sites for hydroxylation is 1. The van der Waals surface area contributed by atoms with Crippen molar-refractivity contribution < 1.29 is 14.2 Å². The highest BCUT2D eigenvalue weighted by atomic mass is 35.5. The predicted octanol–water partition coefficient (Wildman–Crippen LogP) is 5.98. The fraction of sp³-hybridized carbons (Fsp3) is 0.0417. The minimum absolute atomic E-state index is 0.101. The van der Waals surface area contributed by atoms with Crippen LogP contribution in [-0.4, -0.2) is 14.7 Å². The molecule has 0 fully saturated rings. The van der Waals surface area contributed by atoms with E-state index in [1.54, 1.807) is 12.1 Å². The number of benzene rings is 3. The van der Waals surface area contributed by atoms with E-state index in [1.807, 2.05) is 42.1 Å². The van der Waals surface area contributed by atoms with Crippen molar-refractivity contribution in [3.63, 3.8) is 0 Å². The van der Waals surface area contributed by atoms with Gasteiger partial charge < -0.3 is 19.4 Å². The fourth-order valence-corrected chi connectivity index (χ4v) is 3.97. The first-order chi connectivity index (χ1) is 14.9. The molecule has 0 aliphatic carbocycles. The summed E-state index contributed by atoms with van der Waals surface area (Å²) < 4.78 is 21.0. The molecule has 154 valence electrons. The van der Waals surface area contributed by atoms with Crippen LogP contribution >= 0.6 is 11.6 Å². The van der Waals surface area contributed by atoms with Crippen LogP contribution in [0.3, 0.4) is 0 Å². The maximum absolute atomic E-state index is 13.5. The third kappa shape index (κ3) is 3.31. The maximum Gasteiger partial charge on any atom is 0.295 e. The lowest BCUT2D eigenvalue weighted by Crippen LogP contribution is -2.09. The van der Waals surface area contributed by atoms with Gasteiger partial charge in [0, 0.05) is 41.2 Å². The third-order valence-corrected chi connectivity index (χ3v) is 5.56. The summed E-state index contributed by atoms with van der Waals surface area (Å²) in [7, 11) is 1.97. The van der Waals surface area contributed by atoms with Gasteiger partial charge in [-0.15, -0.1) is 0 Å². The van der Waals surface area contributed by atoms with Crippen molar-refractivity contribution in [2.24, 2.45) is 7.05 Å². The Labute approximate surface area is 180 Å². The average Bonchev–Trinajstić information content (AvgIpc) is 3.11. The summed E-state index contributed by atoms with van der Waals surface area (Å²) in [4.78, 5) is 15.1. The Bertz CT molecular complexity index is 1540. The minimum atomic E-state index is -0.649. The van der Waals surface area contributed by atoms with Crippen LogP contribution in [0.1, 0.15) is 0 Å². The highest BCUT2D eigenvalue weighted by Gasteiger charge is 2.17. The Kier molecular flexibility index (Phi) is 4.45. The first kappa shape index (κ1) is 19.2. The van der Waals surface area contributed by atoms with Crippen LogP contribution in [0.4, 0.5) is 4.39 Å². The number of aromatic nitrogens is 2. The summed E-state index contributed by atoms with van der Waals surface area (Å²) >= 11 is 6.50. The zero-order valence-electron chi connectivity index (χ0n) is 16.3. The monoisotopic (exact) mass is 434 g/mol. The molecular formula is C24H16ClFN2O3. The standard InChI is InChI=1S/C24H16ClFN2O3/c1-28-8-7-14-9-13(5-6-21(14)28)17-11-18-20(12-19(17)25)27-24(30)23(22(18)29)31-16-4-2-3-15(26)10-16/h2-12H,1H3,(H2,27,29,30). The van der Waals surface area contributed by atoms with Gasteiger partial charge in [-0.3, -0.25) is 4.79 Å². The third-order valence-electron chi connectivity index (χ3n) is 5.24. The normalized spacial score (nSPS) is 11.3. The Hall–Kier alpha value is -3.77. The number of H-pyrrole nitrogens is 1. The predicted molar refractivity (Wildman–Crippen MR) is 120 cm³/mol. The second kappa shape index (κ2) is 7.18. The molecule has 0 unspecified atom stereocenters. The number of rotatable bonds is 3. The van der Waals surface area contributed by atoms with Crippen LogP contribution in [0, 0.1) is 5.82 Å². The summed E-state index contributed by atoms with van der Waals surface area (Å²) in [6.45, 7) is 0. The molecule has 2 N–H and O–H groups in total. The van der Waals surface area contributed by atoms with Crippen LogP contribution in [-0.2, 0) is 7.05 Å². The zero-order chi connectivity index (χ0) is 21.7. The number of halogens is 2. The molecule has 0 saturated carbocycles. The number of ether oxygens (including phenoxy) is 1. The lowest BCUT2D eigenvalue weighted by molar-refractivity contribution is 0.409. The Morgan fingerprint density at radius 1 is 1.10 bits per heavy atom. The summed E-state index contributed by atoms with van der Waals surface area (Å²) in [6, 6.07) is 16.6. The molecule has 0 spiro atoms. The molecule has 0 aliphatic heterocycles. The lowest BCUT2D eigenvalue weighted by atomic mass is 10.0. The van der Waals surface area contributed by atoms with E-state index >= 15 is 0 Å². The molecule has 0 radical (unpaired) electrons. The number of nitrogens with zero attached hydrogens (tertiary/aromatic N) is 1. The molecule has 0 bridgehead atoms. The Morgan fingerprint density at radius 3 is 2.74 bits per heavy atom. The van der Waals surface area contributed by atoms with E-state index in [4.69, 9.17) is 16.3 Å². The van der Waals surface area contributed by atoms with Crippen LogP contribution in [0.25, 0.3) is 32.9 Å². The first-order valence-corrected chi connectivity index (χ1v) is 9.86. The molecule has 2 aromatic heterocycles. The zero-order valence-corrected chi connectivity index (χ0v) is 17.1. The molecule has 31 heavy (non-hydrogen) atoms. The summed E-state index contributed by atoms with van der Waals surface area (Å²) in [5.74, 6) is -1.07. The lowest BCUT2D eigenvalue weighted by Gasteiger charge is -2.12. The number of fused-ring (bicyclic) bond motifs is 2. The molecule has 0 aliphatic rings. The number of aromatic hydroxyl groups is 1. The van der Waals surface area contributed by atoms with Crippen LogP contribution < -0.4 is 10.3 Å². The largest absolute Gasteiger partial charge is 0.504 e. The number of nitrogens with one attached hydrogen (secondary N) is 1. The summed E-state index contributed by atoms with van der Waals surface area (Å²) in [5, 5.41) is 12.7. The second-order valence-corrected chi connectivity index (χ2v) is 7.68. The molecule has 2 heterocycles. The van der Waals surface area contributed by atoms with E-state index in [0.717, 1.165) is 22.5 Å². The fourth-order valence-electron chi connectivity index (χ4n) is 3.69. The van der Waals surface area contributed by atoms with E-state index in [1.165, 1.54) is 18.2 Å². The number of hydrogen-bond donors (Lipinski definition) is 2. The van der Waals surface area contributed by atoms with E-state index in [0.29, 0.717) is 21.5 Å². The average molecular weight is 435 g/mol. The van der Waals surface area contributed by atoms with Crippen LogP contribution in [0.5, 0.6) is 17.2 Å². The highest BCUT2D eigenvalue weighted by molar-refractivity contribution is 6.34. The van der Waals surface area contributed by atoms with Gasteiger partial charge in [-0.05, 0) is 48.0 Å². The minimum Gasteiger partial charge on any atom is -0.504 e. The highest BCUT2D eigenvalue weighted by Crippen LogP contribution is 2.39. The van der Waals surface area contributed by atoms with Crippen molar-refractivity contribution in [3.8, 4) is 28.4 Å². The molecule has 0 atom stereocenters. The van der Waals surface area contributed by atoms with Crippen molar-refractivity contribution in [1.29, 1.82) is 0 Å². The number of pyridine rings is 1. The first-order valence-electron chi connectivity index (χ1n) is 9.48.